The van der Waals surface area contributed by atoms with E-state index in [1.807, 2.05) is 6.07 Å². The van der Waals surface area contributed by atoms with Crippen molar-refractivity contribution in [2.45, 2.75) is 19.8 Å². The number of nitriles is 1. The molecule has 1 aromatic carbocycles. The number of nitrogens with two attached hydrogens (primary N) is 1. The van der Waals surface area contributed by atoms with Gasteiger partial charge in [0.05, 0.1) is 18.1 Å². The van der Waals surface area contributed by atoms with E-state index in [1.165, 1.54) is 0 Å². The van der Waals surface area contributed by atoms with Crippen molar-refractivity contribution in [3.8, 4) is 17.6 Å². The van der Waals surface area contributed by atoms with Crippen molar-refractivity contribution in [3.63, 3.8) is 0 Å². The quantitative estimate of drug-likeness (QED) is 0.824. The Morgan fingerprint density at radius 2 is 2.12 bits per heavy atom. The van der Waals surface area contributed by atoms with Crippen molar-refractivity contribution in [1.82, 2.24) is 0 Å². The van der Waals surface area contributed by atoms with Crippen LogP contribution in [0, 0.1) is 11.3 Å². The van der Waals surface area contributed by atoms with Crippen LogP contribution in [0.5, 0.6) is 11.5 Å². The minimum atomic E-state index is -0.820. The van der Waals surface area contributed by atoms with E-state index in [4.69, 9.17) is 36.3 Å². The monoisotopic (exact) mass is 362 g/mol. The first-order valence-corrected chi connectivity index (χ1v) is 7.90. The van der Waals surface area contributed by atoms with Crippen molar-refractivity contribution in [2.75, 3.05) is 13.4 Å². The Bertz CT molecular complexity index is 853. The van der Waals surface area contributed by atoms with Gasteiger partial charge >= 0.3 is 5.97 Å². The summed E-state index contributed by atoms with van der Waals surface area (Å²) in [6.07, 6.45) is 0. The third-order valence-electron chi connectivity index (χ3n) is 3.90. The summed E-state index contributed by atoms with van der Waals surface area (Å²) < 4.78 is 21.2. The highest BCUT2D eigenvalue weighted by atomic mass is 35.5. The lowest BCUT2D eigenvalue weighted by Crippen LogP contribution is -2.25. The number of benzene rings is 1. The van der Waals surface area contributed by atoms with Crippen LogP contribution in [0.25, 0.3) is 0 Å². The number of carbonyl (C=O) groups excluding carboxylic acids is 1. The zero-order valence-electron chi connectivity index (χ0n) is 13.6. The number of fused-ring (bicyclic) bond motifs is 1. The van der Waals surface area contributed by atoms with Crippen molar-refractivity contribution in [2.24, 2.45) is 5.73 Å². The van der Waals surface area contributed by atoms with E-state index in [0.717, 1.165) is 0 Å². The molecule has 0 saturated heterocycles. The number of hydrogen-bond donors (Lipinski definition) is 1. The molecule has 0 unspecified atom stereocenters. The Balaban J connectivity index is 2.19. The smallest absolute Gasteiger partial charge is 0.338 e. The average molecular weight is 363 g/mol. The van der Waals surface area contributed by atoms with Gasteiger partial charge in [-0.2, -0.15) is 5.26 Å². The van der Waals surface area contributed by atoms with Gasteiger partial charge in [0.1, 0.15) is 17.4 Å². The van der Waals surface area contributed by atoms with E-state index in [2.05, 4.69) is 0 Å². The maximum Gasteiger partial charge on any atom is 0.338 e. The molecule has 0 spiro atoms. The molecule has 25 heavy (non-hydrogen) atoms. The molecular weight excluding hydrogens is 348 g/mol. The zero-order chi connectivity index (χ0) is 18.1. The zero-order valence-corrected chi connectivity index (χ0v) is 14.3. The topological polar surface area (TPSA) is 104 Å². The second-order valence-corrected chi connectivity index (χ2v) is 5.75. The molecule has 0 aliphatic carbocycles. The fourth-order valence-electron chi connectivity index (χ4n) is 2.82. The number of allylic oxidation sites excluding steroid dienone is 2. The fourth-order valence-corrected chi connectivity index (χ4v) is 3.08. The van der Waals surface area contributed by atoms with Crippen LogP contribution in [0.3, 0.4) is 0 Å². The van der Waals surface area contributed by atoms with Gasteiger partial charge in [-0.15, -0.1) is 0 Å². The van der Waals surface area contributed by atoms with E-state index >= 15 is 0 Å². The predicted octanol–water partition coefficient (Wildman–Crippen LogP) is 2.71. The van der Waals surface area contributed by atoms with Gasteiger partial charge in [-0.1, -0.05) is 11.6 Å². The lowest BCUT2D eigenvalue weighted by atomic mass is 9.83. The van der Waals surface area contributed by atoms with Gasteiger partial charge in [-0.05, 0) is 25.5 Å². The summed E-state index contributed by atoms with van der Waals surface area (Å²) in [5, 5.41) is 9.86. The first kappa shape index (κ1) is 17.0. The van der Waals surface area contributed by atoms with Crippen LogP contribution < -0.4 is 15.2 Å². The average Bonchev–Trinajstić information content (AvgIpc) is 3.00. The molecule has 0 radical (unpaired) electrons. The number of halogens is 1. The van der Waals surface area contributed by atoms with Crippen LogP contribution >= 0.6 is 11.6 Å². The summed E-state index contributed by atoms with van der Waals surface area (Å²) in [6, 6.07) is 5.22. The fraction of sp³-hybridized carbons (Fsp3) is 0.294. The largest absolute Gasteiger partial charge is 0.463 e. The number of carbonyl (C=O) groups is 1. The molecule has 130 valence electrons. The highest BCUT2D eigenvalue weighted by Gasteiger charge is 2.38. The van der Waals surface area contributed by atoms with Gasteiger partial charge in [0.2, 0.25) is 12.7 Å². The number of rotatable bonds is 3. The Morgan fingerprint density at radius 1 is 1.44 bits per heavy atom. The van der Waals surface area contributed by atoms with E-state index in [9.17, 15) is 10.1 Å². The lowest BCUT2D eigenvalue weighted by Gasteiger charge is -2.27. The van der Waals surface area contributed by atoms with Gasteiger partial charge < -0.3 is 24.7 Å². The SMILES string of the molecule is CCOC(=O)C1=C(C)OC(N)=C(C#N)[C@H]1c1cc2c(cc1Cl)OCO2. The van der Waals surface area contributed by atoms with Crippen molar-refractivity contribution in [3.05, 3.63) is 45.5 Å². The second-order valence-electron chi connectivity index (χ2n) is 5.34. The molecule has 0 aromatic heterocycles. The van der Waals surface area contributed by atoms with Gasteiger partial charge in [-0.3, -0.25) is 0 Å². The number of ether oxygens (including phenoxy) is 4. The van der Waals surface area contributed by atoms with E-state index in [0.29, 0.717) is 22.1 Å². The van der Waals surface area contributed by atoms with Crippen molar-refractivity contribution in [1.29, 1.82) is 5.26 Å². The molecule has 0 bridgehead atoms. The molecule has 0 fully saturated rings. The van der Waals surface area contributed by atoms with Crippen LogP contribution in [0.2, 0.25) is 5.02 Å². The van der Waals surface area contributed by atoms with Crippen LogP contribution in [-0.2, 0) is 14.3 Å². The molecule has 3 rings (SSSR count). The van der Waals surface area contributed by atoms with Gasteiger partial charge in [-0.25, -0.2) is 4.79 Å². The molecule has 2 N–H and O–H groups in total. The normalized spacial score (nSPS) is 18.7. The number of nitrogens with zero attached hydrogens (tertiary/aromatic N) is 1. The third-order valence-corrected chi connectivity index (χ3v) is 4.23. The van der Waals surface area contributed by atoms with Crippen LogP contribution in [0.1, 0.15) is 25.3 Å². The highest BCUT2D eigenvalue weighted by molar-refractivity contribution is 6.31. The third kappa shape index (κ3) is 2.85. The molecule has 0 saturated carbocycles. The molecular formula is C17H15ClN2O5. The van der Waals surface area contributed by atoms with E-state index < -0.39 is 11.9 Å². The van der Waals surface area contributed by atoms with Crippen LogP contribution in [-0.4, -0.2) is 19.4 Å². The lowest BCUT2D eigenvalue weighted by molar-refractivity contribution is -0.139. The van der Waals surface area contributed by atoms with Gasteiger partial charge in [0, 0.05) is 11.1 Å². The summed E-state index contributed by atoms with van der Waals surface area (Å²) >= 11 is 6.38. The summed E-state index contributed by atoms with van der Waals surface area (Å²) in [6.45, 7) is 3.53. The predicted molar refractivity (Wildman–Crippen MR) is 87.6 cm³/mol. The van der Waals surface area contributed by atoms with E-state index in [-0.39, 0.29) is 36.2 Å². The first-order valence-electron chi connectivity index (χ1n) is 7.52. The maximum absolute atomic E-state index is 12.5. The molecule has 2 aliphatic rings. The maximum atomic E-state index is 12.5. The molecule has 1 atom stereocenters. The Kier molecular flexibility index (Phi) is 4.47. The van der Waals surface area contributed by atoms with Crippen LogP contribution in [0.4, 0.5) is 0 Å². The summed E-state index contributed by atoms with van der Waals surface area (Å²) in [4.78, 5) is 12.5. The highest BCUT2D eigenvalue weighted by Crippen LogP contribution is 2.46. The Morgan fingerprint density at radius 3 is 2.76 bits per heavy atom. The summed E-state index contributed by atoms with van der Waals surface area (Å²) in [5.41, 5.74) is 6.59. The molecule has 2 heterocycles. The van der Waals surface area contributed by atoms with Crippen LogP contribution in [0.15, 0.2) is 34.9 Å². The minimum Gasteiger partial charge on any atom is -0.463 e. The number of esters is 1. The molecule has 2 aliphatic heterocycles. The van der Waals surface area contributed by atoms with Gasteiger partial charge in [0.25, 0.3) is 0 Å². The summed E-state index contributed by atoms with van der Waals surface area (Å²) in [7, 11) is 0. The van der Waals surface area contributed by atoms with Gasteiger partial charge in [0.15, 0.2) is 11.5 Å². The first-order chi connectivity index (χ1) is 12.0. The molecule has 1 aromatic rings. The van der Waals surface area contributed by atoms with Crippen molar-refractivity contribution < 1.29 is 23.7 Å². The standard InChI is InChI=1S/C17H15ClN2O5/c1-3-22-17(21)14-8(2)25-16(20)10(6-19)15(14)9-4-12-13(5-11(9)18)24-7-23-12/h4-5,15H,3,7,20H2,1-2H3/t15-/m1/s1. The van der Waals surface area contributed by atoms with E-state index in [1.54, 1.807) is 26.0 Å². The molecule has 8 heteroatoms. The minimum absolute atomic E-state index is 0.0750. The van der Waals surface area contributed by atoms with Crippen molar-refractivity contribution >= 4 is 17.6 Å². The Hall–Kier alpha value is -2.85. The second kappa shape index (κ2) is 6.57. The number of hydrogen-bond acceptors (Lipinski definition) is 7. The Labute approximate surface area is 149 Å². The summed E-state index contributed by atoms with van der Waals surface area (Å²) in [5.74, 6) is -0.267. The molecule has 7 nitrogen and oxygen atoms in total. The molecule has 0 amide bonds.